The van der Waals surface area contributed by atoms with E-state index < -0.39 is 0 Å². The van der Waals surface area contributed by atoms with Crippen molar-refractivity contribution in [3.05, 3.63) is 46.7 Å². The minimum absolute atomic E-state index is 0.920. The second kappa shape index (κ2) is 6.13. The van der Waals surface area contributed by atoms with Crippen LogP contribution in [-0.4, -0.2) is 19.8 Å². The van der Waals surface area contributed by atoms with Crippen molar-refractivity contribution in [3.63, 3.8) is 0 Å². The van der Waals surface area contributed by atoms with Crippen LogP contribution in [0.25, 0.3) is 4.96 Å². The Morgan fingerprint density at radius 2 is 1.90 bits per heavy atom. The Morgan fingerprint density at radius 3 is 2.70 bits per heavy atom. The Hall–Kier alpha value is -1.75. The Morgan fingerprint density at radius 1 is 1.05 bits per heavy atom. The summed E-state index contributed by atoms with van der Waals surface area (Å²) < 4.78 is 1.91. The van der Waals surface area contributed by atoms with Gasteiger partial charge in [0, 0.05) is 12.8 Å². The van der Waals surface area contributed by atoms with E-state index in [0.717, 1.165) is 47.9 Å². The van der Waals surface area contributed by atoms with E-state index in [9.17, 15) is 0 Å². The monoisotopic (exact) mass is 286 g/mol. The molecule has 5 heteroatoms. The third-order valence-corrected chi connectivity index (χ3v) is 4.23. The van der Waals surface area contributed by atoms with Crippen LogP contribution >= 0.6 is 11.3 Å². The second-order valence-corrected chi connectivity index (χ2v) is 5.94. The van der Waals surface area contributed by atoms with E-state index in [-0.39, 0.29) is 0 Å². The lowest BCUT2D eigenvalue weighted by molar-refractivity contribution is 0.745. The number of nitrogens with zero attached hydrogens (tertiary/aromatic N) is 4. The number of aryl methyl sites for hydroxylation is 3. The van der Waals surface area contributed by atoms with Crippen molar-refractivity contribution >= 4 is 16.3 Å². The zero-order chi connectivity index (χ0) is 13.8. The molecular weight excluding hydrogens is 268 g/mol. The van der Waals surface area contributed by atoms with Crippen molar-refractivity contribution in [2.75, 3.05) is 0 Å². The van der Waals surface area contributed by atoms with Crippen molar-refractivity contribution in [1.82, 2.24) is 19.8 Å². The summed E-state index contributed by atoms with van der Waals surface area (Å²) >= 11 is 1.66. The summed E-state index contributed by atoms with van der Waals surface area (Å²) in [5.74, 6) is 0.980. The summed E-state index contributed by atoms with van der Waals surface area (Å²) in [6.07, 6.45) is 5.24. The van der Waals surface area contributed by atoms with Gasteiger partial charge in [0.25, 0.3) is 0 Å². The molecule has 0 N–H and O–H groups in total. The SMILES string of the molecule is CCCc1nnc2sc(CCCc3ccccc3)nn12. The van der Waals surface area contributed by atoms with Gasteiger partial charge in [0.05, 0.1) is 0 Å². The molecule has 1 aromatic carbocycles. The van der Waals surface area contributed by atoms with E-state index in [2.05, 4.69) is 52.6 Å². The highest BCUT2D eigenvalue weighted by Crippen LogP contribution is 2.17. The molecule has 0 saturated carbocycles. The van der Waals surface area contributed by atoms with Crippen LogP contribution in [-0.2, 0) is 19.3 Å². The molecule has 0 aliphatic rings. The molecule has 0 bridgehead atoms. The molecule has 3 aromatic rings. The molecule has 0 radical (unpaired) electrons. The summed E-state index contributed by atoms with van der Waals surface area (Å²) in [7, 11) is 0. The number of hydrogen-bond acceptors (Lipinski definition) is 4. The first-order valence-corrected chi connectivity index (χ1v) is 7.92. The topological polar surface area (TPSA) is 43.1 Å². The maximum Gasteiger partial charge on any atom is 0.234 e. The Kier molecular flexibility index (Phi) is 4.06. The van der Waals surface area contributed by atoms with E-state index in [0.29, 0.717) is 0 Å². The first-order chi connectivity index (χ1) is 9.86. The number of fused-ring (bicyclic) bond motifs is 1. The van der Waals surface area contributed by atoms with Crippen LogP contribution in [0.3, 0.4) is 0 Å². The lowest BCUT2D eigenvalue weighted by Gasteiger charge is -1.98. The first-order valence-electron chi connectivity index (χ1n) is 7.10. The van der Waals surface area contributed by atoms with Gasteiger partial charge in [-0.25, -0.2) is 0 Å². The third-order valence-electron chi connectivity index (χ3n) is 3.27. The normalized spacial score (nSPS) is 11.2. The van der Waals surface area contributed by atoms with Gasteiger partial charge in [-0.1, -0.05) is 48.6 Å². The molecule has 2 heterocycles. The maximum absolute atomic E-state index is 4.63. The van der Waals surface area contributed by atoms with Crippen molar-refractivity contribution in [3.8, 4) is 0 Å². The minimum Gasteiger partial charge on any atom is -0.187 e. The second-order valence-electron chi connectivity index (χ2n) is 4.90. The average Bonchev–Trinajstić information content (AvgIpc) is 3.02. The van der Waals surface area contributed by atoms with Crippen LogP contribution < -0.4 is 0 Å². The van der Waals surface area contributed by atoms with Crippen LogP contribution in [0, 0.1) is 0 Å². The molecule has 3 rings (SSSR count). The van der Waals surface area contributed by atoms with Crippen molar-refractivity contribution in [2.24, 2.45) is 0 Å². The Balaban J connectivity index is 1.63. The zero-order valence-corrected chi connectivity index (χ0v) is 12.4. The van der Waals surface area contributed by atoms with E-state index >= 15 is 0 Å². The van der Waals surface area contributed by atoms with Gasteiger partial charge < -0.3 is 0 Å². The van der Waals surface area contributed by atoms with Gasteiger partial charge in [0.1, 0.15) is 5.01 Å². The Labute approximate surface area is 122 Å². The summed E-state index contributed by atoms with van der Waals surface area (Å²) in [5.41, 5.74) is 1.39. The Bertz CT molecular complexity index is 672. The predicted octanol–water partition coefficient (Wildman–Crippen LogP) is 3.31. The largest absolute Gasteiger partial charge is 0.234 e. The molecule has 0 spiro atoms. The smallest absolute Gasteiger partial charge is 0.187 e. The van der Waals surface area contributed by atoms with Crippen LogP contribution in [0.1, 0.15) is 36.2 Å². The highest BCUT2D eigenvalue weighted by atomic mass is 32.1. The van der Waals surface area contributed by atoms with Crippen molar-refractivity contribution in [2.45, 2.75) is 39.0 Å². The molecule has 4 nitrogen and oxygen atoms in total. The fraction of sp³-hybridized carbons (Fsp3) is 0.400. The van der Waals surface area contributed by atoms with Gasteiger partial charge in [-0.2, -0.15) is 9.61 Å². The van der Waals surface area contributed by atoms with Gasteiger partial charge in [-0.3, -0.25) is 0 Å². The molecule has 0 aliphatic heterocycles. The fourth-order valence-electron chi connectivity index (χ4n) is 2.27. The fourth-order valence-corrected chi connectivity index (χ4v) is 3.16. The van der Waals surface area contributed by atoms with E-state index in [4.69, 9.17) is 0 Å². The van der Waals surface area contributed by atoms with Gasteiger partial charge >= 0.3 is 0 Å². The number of aromatic nitrogens is 4. The lowest BCUT2D eigenvalue weighted by atomic mass is 10.1. The number of hydrogen-bond donors (Lipinski definition) is 0. The highest BCUT2D eigenvalue weighted by molar-refractivity contribution is 7.16. The highest BCUT2D eigenvalue weighted by Gasteiger charge is 2.10. The summed E-state index contributed by atoms with van der Waals surface area (Å²) in [4.78, 5) is 0.920. The van der Waals surface area contributed by atoms with Crippen LogP contribution in [0.4, 0.5) is 0 Å². The van der Waals surface area contributed by atoms with Gasteiger partial charge in [-0.15, -0.1) is 10.2 Å². The number of benzene rings is 1. The standard InChI is InChI=1S/C15H18N4S/c1-2-7-13-16-17-15-19(13)18-14(20-15)11-6-10-12-8-4-3-5-9-12/h3-5,8-9H,2,6-7,10-11H2,1H3. The summed E-state index contributed by atoms with van der Waals surface area (Å²) in [5, 5.41) is 14.2. The molecule has 0 amide bonds. The third kappa shape index (κ3) is 2.88. The molecule has 20 heavy (non-hydrogen) atoms. The molecule has 104 valence electrons. The van der Waals surface area contributed by atoms with Gasteiger partial charge in [0.2, 0.25) is 4.96 Å². The molecule has 2 aromatic heterocycles. The first kappa shape index (κ1) is 13.2. The molecule has 0 saturated heterocycles. The predicted molar refractivity (Wildman–Crippen MR) is 81.1 cm³/mol. The molecule has 0 aliphatic carbocycles. The summed E-state index contributed by atoms with van der Waals surface area (Å²) in [6, 6.07) is 10.6. The minimum atomic E-state index is 0.920. The van der Waals surface area contributed by atoms with Crippen molar-refractivity contribution in [1.29, 1.82) is 0 Å². The molecular formula is C15H18N4S. The zero-order valence-electron chi connectivity index (χ0n) is 11.6. The van der Waals surface area contributed by atoms with E-state index in [1.807, 2.05) is 4.52 Å². The molecule has 0 unspecified atom stereocenters. The maximum atomic E-state index is 4.63. The average molecular weight is 286 g/mol. The molecule has 0 fully saturated rings. The lowest BCUT2D eigenvalue weighted by Crippen LogP contribution is -1.97. The quantitative estimate of drug-likeness (QED) is 0.698. The summed E-state index contributed by atoms with van der Waals surface area (Å²) in [6.45, 7) is 2.15. The van der Waals surface area contributed by atoms with Crippen molar-refractivity contribution < 1.29 is 0 Å². The van der Waals surface area contributed by atoms with E-state index in [1.165, 1.54) is 5.56 Å². The molecule has 0 atom stereocenters. The van der Waals surface area contributed by atoms with Crippen LogP contribution in [0.5, 0.6) is 0 Å². The number of rotatable bonds is 6. The van der Waals surface area contributed by atoms with Gasteiger partial charge in [-0.05, 0) is 24.8 Å². The van der Waals surface area contributed by atoms with Crippen LogP contribution in [0.2, 0.25) is 0 Å². The van der Waals surface area contributed by atoms with E-state index in [1.54, 1.807) is 11.3 Å². The van der Waals surface area contributed by atoms with Crippen LogP contribution in [0.15, 0.2) is 30.3 Å². The van der Waals surface area contributed by atoms with Gasteiger partial charge in [0.15, 0.2) is 5.82 Å².